The molecule has 0 saturated carbocycles. The minimum Gasteiger partial charge on any atom is -0.363 e. The molecular weight excluding hydrogens is 220 g/mol. The standard InChI is InChI=1S/C11H18N4O2/c1-8-6-9(14-13-8)12-10(16)11(2)7-15(3)4-5-17-11/h6H,4-5,7H2,1-3H3,(H2,12,13,14,16)/t11-/m0/s1. The maximum absolute atomic E-state index is 12.1. The number of aryl methyl sites for hydroxylation is 1. The molecule has 1 saturated heterocycles. The summed E-state index contributed by atoms with van der Waals surface area (Å²) < 4.78 is 5.58. The normalized spacial score (nSPS) is 25.8. The number of nitrogens with zero attached hydrogens (tertiary/aromatic N) is 2. The summed E-state index contributed by atoms with van der Waals surface area (Å²) in [6.45, 7) is 5.69. The van der Waals surface area contributed by atoms with Crippen molar-refractivity contribution >= 4 is 11.7 Å². The van der Waals surface area contributed by atoms with Crippen LogP contribution in [0.4, 0.5) is 5.82 Å². The van der Waals surface area contributed by atoms with E-state index in [1.165, 1.54) is 0 Å². The maximum Gasteiger partial charge on any atom is 0.258 e. The topological polar surface area (TPSA) is 70.2 Å². The van der Waals surface area contributed by atoms with Crippen LogP contribution in [0.1, 0.15) is 12.6 Å². The number of carbonyl (C=O) groups excluding carboxylic acids is 1. The van der Waals surface area contributed by atoms with Crippen LogP contribution in [0.25, 0.3) is 0 Å². The average molecular weight is 238 g/mol. The third kappa shape index (κ3) is 2.65. The molecule has 1 fully saturated rings. The van der Waals surface area contributed by atoms with Gasteiger partial charge in [-0.05, 0) is 20.9 Å². The van der Waals surface area contributed by atoms with E-state index in [4.69, 9.17) is 4.74 Å². The van der Waals surface area contributed by atoms with Crippen LogP contribution in [-0.4, -0.2) is 53.3 Å². The lowest BCUT2D eigenvalue weighted by atomic mass is 10.0. The Morgan fingerprint density at radius 3 is 3.06 bits per heavy atom. The van der Waals surface area contributed by atoms with Crippen LogP contribution in [0, 0.1) is 6.92 Å². The second-order valence-electron chi connectivity index (χ2n) is 4.71. The molecule has 1 aliphatic heterocycles. The molecule has 0 bridgehead atoms. The van der Waals surface area contributed by atoms with Gasteiger partial charge in [0, 0.05) is 24.8 Å². The number of ether oxygens (including phenoxy) is 1. The molecule has 1 aromatic heterocycles. The van der Waals surface area contributed by atoms with Gasteiger partial charge in [0.2, 0.25) is 0 Å². The number of hydrogen-bond acceptors (Lipinski definition) is 4. The van der Waals surface area contributed by atoms with E-state index < -0.39 is 5.60 Å². The van der Waals surface area contributed by atoms with Crippen LogP contribution in [0.5, 0.6) is 0 Å². The number of morpholine rings is 1. The number of aromatic nitrogens is 2. The molecule has 1 aliphatic rings. The fourth-order valence-corrected chi connectivity index (χ4v) is 1.93. The third-order valence-corrected chi connectivity index (χ3v) is 2.89. The van der Waals surface area contributed by atoms with Crippen LogP contribution in [0.2, 0.25) is 0 Å². The molecule has 6 nitrogen and oxygen atoms in total. The molecule has 17 heavy (non-hydrogen) atoms. The van der Waals surface area contributed by atoms with Crippen molar-refractivity contribution in [3.8, 4) is 0 Å². The fraction of sp³-hybridized carbons (Fsp3) is 0.636. The van der Waals surface area contributed by atoms with E-state index in [1.807, 2.05) is 14.0 Å². The van der Waals surface area contributed by atoms with Crippen molar-refractivity contribution in [1.29, 1.82) is 0 Å². The van der Waals surface area contributed by atoms with Gasteiger partial charge < -0.3 is 15.0 Å². The predicted octanol–water partition coefficient (Wildman–Crippen LogP) is 0.377. The third-order valence-electron chi connectivity index (χ3n) is 2.89. The second kappa shape index (κ2) is 4.46. The quantitative estimate of drug-likeness (QED) is 0.781. The first kappa shape index (κ1) is 12.1. The van der Waals surface area contributed by atoms with Gasteiger partial charge in [-0.25, -0.2) is 0 Å². The first-order valence-electron chi connectivity index (χ1n) is 5.65. The Hall–Kier alpha value is -1.40. The molecule has 6 heteroatoms. The number of hydrogen-bond donors (Lipinski definition) is 2. The van der Waals surface area contributed by atoms with E-state index in [0.717, 1.165) is 12.2 Å². The lowest BCUT2D eigenvalue weighted by Crippen LogP contribution is -2.55. The average Bonchev–Trinajstić information content (AvgIpc) is 2.63. The smallest absolute Gasteiger partial charge is 0.258 e. The molecule has 0 spiro atoms. The zero-order valence-corrected chi connectivity index (χ0v) is 10.4. The minimum atomic E-state index is -0.806. The summed E-state index contributed by atoms with van der Waals surface area (Å²) in [6, 6.07) is 1.79. The summed E-state index contributed by atoms with van der Waals surface area (Å²) in [4.78, 5) is 14.2. The van der Waals surface area contributed by atoms with Gasteiger partial charge in [0.05, 0.1) is 6.61 Å². The molecule has 0 unspecified atom stereocenters. The molecular formula is C11H18N4O2. The van der Waals surface area contributed by atoms with Crippen molar-refractivity contribution in [2.24, 2.45) is 0 Å². The van der Waals surface area contributed by atoms with Gasteiger partial charge in [-0.1, -0.05) is 0 Å². The van der Waals surface area contributed by atoms with Gasteiger partial charge in [0.15, 0.2) is 11.4 Å². The number of H-pyrrole nitrogens is 1. The van der Waals surface area contributed by atoms with Gasteiger partial charge in [-0.3, -0.25) is 9.89 Å². The Morgan fingerprint density at radius 1 is 1.71 bits per heavy atom. The van der Waals surface area contributed by atoms with Crippen molar-refractivity contribution in [2.75, 3.05) is 32.1 Å². The molecule has 0 aromatic carbocycles. The molecule has 1 amide bonds. The van der Waals surface area contributed by atoms with Gasteiger partial charge >= 0.3 is 0 Å². The molecule has 0 radical (unpaired) electrons. The number of likely N-dealkylation sites (N-methyl/N-ethyl adjacent to an activating group) is 1. The monoisotopic (exact) mass is 238 g/mol. The van der Waals surface area contributed by atoms with E-state index in [-0.39, 0.29) is 5.91 Å². The predicted molar refractivity (Wildman–Crippen MR) is 63.8 cm³/mol. The number of nitrogens with one attached hydrogen (secondary N) is 2. The molecule has 2 heterocycles. The SMILES string of the molecule is Cc1cc(NC(=O)[C@]2(C)CN(C)CCO2)n[nH]1. The highest BCUT2D eigenvalue weighted by atomic mass is 16.5. The Morgan fingerprint density at radius 2 is 2.47 bits per heavy atom. The van der Waals surface area contributed by atoms with Gasteiger partial charge in [-0.2, -0.15) is 5.10 Å². The summed E-state index contributed by atoms with van der Waals surface area (Å²) in [5.74, 6) is 0.376. The minimum absolute atomic E-state index is 0.157. The number of amides is 1. The highest BCUT2D eigenvalue weighted by molar-refractivity contribution is 5.96. The maximum atomic E-state index is 12.1. The summed E-state index contributed by atoms with van der Waals surface area (Å²) >= 11 is 0. The van der Waals surface area contributed by atoms with Crippen LogP contribution in [-0.2, 0) is 9.53 Å². The molecule has 1 aromatic rings. The summed E-state index contributed by atoms with van der Waals surface area (Å²) in [7, 11) is 1.98. The van der Waals surface area contributed by atoms with Crippen molar-refractivity contribution in [3.05, 3.63) is 11.8 Å². The lowest BCUT2D eigenvalue weighted by Gasteiger charge is -2.37. The Bertz CT molecular complexity index is 417. The van der Waals surface area contributed by atoms with Crippen molar-refractivity contribution in [2.45, 2.75) is 19.4 Å². The highest BCUT2D eigenvalue weighted by Crippen LogP contribution is 2.18. The largest absolute Gasteiger partial charge is 0.363 e. The molecule has 1 atom stereocenters. The summed E-state index contributed by atoms with van der Waals surface area (Å²) in [5.41, 5.74) is 0.104. The first-order valence-corrected chi connectivity index (χ1v) is 5.65. The highest BCUT2D eigenvalue weighted by Gasteiger charge is 2.38. The van der Waals surface area contributed by atoms with Crippen molar-refractivity contribution in [1.82, 2.24) is 15.1 Å². The number of aromatic amines is 1. The van der Waals surface area contributed by atoms with Crippen molar-refractivity contribution in [3.63, 3.8) is 0 Å². The summed E-state index contributed by atoms with van der Waals surface area (Å²) in [5, 5.41) is 9.52. The number of carbonyl (C=O) groups is 1. The van der Waals surface area contributed by atoms with Crippen LogP contribution >= 0.6 is 0 Å². The zero-order chi connectivity index (χ0) is 12.5. The van der Waals surface area contributed by atoms with E-state index in [1.54, 1.807) is 13.0 Å². The van der Waals surface area contributed by atoms with Gasteiger partial charge in [0.1, 0.15) is 0 Å². The van der Waals surface area contributed by atoms with Crippen LogP contribution in [0.15, 0.2) is 6.07 Å². The van der Waals surface area contributed by atoms with E-state index in [2.05, 4.69) is 20.4 Å². The Kier molecular flexibility index (Phi) is 3.17. The molecule has 2 rings (SSSR count). The fourth-order valence-electron chi connectivity index (χ4n) is 1.93. The molecule has 0 aliphatic carbocycles. The summed E-state index contributed by atoms with van der Waals surface area (Å²) in [6.07, 6.45) is 0. The first-order chi connectivity index (χ1) is 7.99. The van der Waals surface area contributed by atoms with Crippen LogP contribution < -0.4 is 5.32 Å². The zero-order valence-electron chi connectivity index (χ0n) is 10.4. The second-order valence-corrected chi connectivity index (χ2v) is 4.71. The Balaban J connectivity index is 2.03. The van der Waals surface area contributed by atoms with E-state index in [9.17, 15) is 4.79 Å². The number of rotatable bonds is 2. The van der Waals surface area contributed by atoms with Gasteiger partial charge in [-0.15, -0.1) is 0 Å². The van der Waals surface area contributed by atoms with E-state index in [0.29, 0.717) is 19.0 Å². The number of anilines is 1. The van der Waals surface area contributed by atoms with Crippen LogP contribution in [0.3, 0.4) is 0 Å². The van der Waals surface area contributed by atoms with E-state index >= 15 is 0 Å². The Labute approximate surface area is 100 Å². The molecule has 2 N–H and O–H groups in total. The lowest BCUT2D eigenvalue weighted by molar-refractivity contribution is -0.149. The van der Waals surface area contributed by atoms with Crippen molar-refractivity contribution < 1.29 is 9.53 Å². The van der Waals surface area contributed by atoms with Gasteiger partial charge in [0.25, 0.3) is 5.91 Å². The molecule has 94 valence electrons.